The van der Waals surface area contributed by atoms with Gasteiger partial charge in [-0.05, 0) is 0 Å². The predicted octanol–water partition coefficient (Wildman–Crippen LogP) is 0.754. The maximum Gasteiger partial charge on any atom is 0.364 e. The summed E-state index contributed by atoms with van der Waals surface area (Å²) in [5, 5.41) is 0. The van der Waals surface area contributed by atoms with Crippen molar-refractivity contribution in [3.8, 4) is 0 Å². The summed E-state index contributed by atoms with van der Waals surface area (Å²) in [4.78, 5) is 0. The van der Waals surface area contributed by atoms with E-state index in [9.17, 15) is 8.76 Å². The van der Waals surface area contributed by atoms with Crippen molar-refractivity contribution in [3.05, 3.63) is 0 Å². The molecule has 50 valence electrons. The zero-order valence-corrected chi connectivity index (χ0v) is 5.53. The van der Waals surface area contributed by atoms with E-state index >= 15 is 0 Å². The molecule has 0 aromatic heterocycles. The van der Waals surface area contributed by atoms with Crippen LogP contribution in [0.4, 0.5) is 4.20 Å². The molecule has 0 saturated heterocycles. The third kappa shape index (κ3) is 6.08. The minimum absolute atomic E-state index is 0.0181. The Morgan fingerprint density at radius 3 is 2.50 bits per heavy atom. The van der Waals surface area contributed by atoms with Gasteiger partial charge in [-0.25, -0.2) is 0 Å². The Morgan fingerprint density at radius 1 is 1.88 bits per heavy atom. The molecule has 2 N–H and O–H groups in total. The van der Waals surface area contributed by atoms with Crippen LogP contribution in [0.1, 0.15) is 0 Å². The number of hydrogen-bond acceptors (Lipinski definition) is 3. The van der Waals surface area contributed by atoms with Gasteiger partial charge in [0.2, 0.25) is 0 Å². The Labute approximate surface area is 47.6 Å². The van der Waals surface area contributed by atoms with E-state index in [0.717, 1.165) is 6.66 Å². The van der Waals surface area contributed by atoms with Gasteiger partial charge in [0.05, 0.1) is 6.61 Å². The fourth-order valence-electron chi connectivity index (χ4n) is 0.216. The standard InChI is InChI=1S/C3H9FNO2P/c1-8(4,6)7-3-2-5/h2-3,5H2,1H3. The summed E-state index contributed by atoms with van der Waals surface area (Å²) in [6, 6.07) is 0. The van der Waals surface area contributed by atoms with Crippen LogP contribution in [0.25, 0.3) is 0 Å². The minimum atomic E-state index is -3.76. The van der Waals surface area contributed by atoms with Crippen molar-refractivity contribution in [1.29, 1.82) is 0 Å². The lowest BCUT2D eigenvalue weighted by Crippen LogP contribution is -2.05. The molecule has 1 unspecified atom stereocenters. The Balaban J connectivity index is 3.26. The van der Waals surface area contributed by atoms with Crippen LogP contribution in [0.2, 0.25) is 0 Å². The monoisotopic (exact) mass is 141 g/mol. The van der Waals surface area contributed by atoms with Gasteiger partial charge >= 0.3 is 7.68 Å². The van der Waals surface area contributed by atoms with Crippen molar-refractivity contribution < 1.29 is 13.3 Å². The van der Waals surface area contributed by atoms with Crippen LogP contribution in [0.15, 0.2) is 0 Å². The molecule has 0 aliphatic rings. The molecule has 0 aromatic carbocycles. The summed E-state index contributed by atoms with van der Waals surface area (Å²) in [6.07, 6.45) is 0. The van der Waals surface area contributed by atoms with Crippen molar-refractivity contribution in [3.63, 3.8) is 0 Å². The fourth-order valence-corrected chi connectivity index (χ4v) is 0.647. The van der Waals surface area contributed by atoms with E-state index in [1.807, 2.05) is 0 Å². The Hall–Kier alpha value is 0.0800. The molecule has 0 aromatic rings. The Bertz CT molecular complexity index is 101. The number of hydrogen-bond donors (Lipinski definition) is 1. The Kier molecular flexibility index (Phi) is 3.21. The van der Waals surface area contributed by atoms with Crippen molar-refractivity contribution in [2.45, 2.75) is 0 Å². The van der Waals surface area contributed by atoms with E-state index in [2.05, 4.69) is 4.52 Å². The molecule has 3 nitrogen and oxygen atoms in total. The van der Waals surface area contributed by atoms with Crippen LogP contribution < -0.4 is 5.73 Å². The smallest absolute Gasteiger partial charge is 0.328 e. The zero-order chi connectivity index (χ0) is 6.62. The van der Waals surface area contributed by atoms with Crippen LogP contribution in [-0.4, -0.2) is 19.8 Å². The quantitative estimate of drug-likeness (QED) is 0.590. The Morgan fingerprint density at radius 2 is 2.38 bits per heavy atom. The highest BCUT2D eigenvalue weighted by Gasteiger charge is 2.10. The molecule has 0 heterocycles. The summed E-state index contributed by atoms with van der Waals surface area (Å²) >= 11 is 0. The number of nitrogens with two attached hydrogens (primary N) is 1. The van der Waals surface area contributed by atoms with Gasteiger partial charge in [-0.15, -0.1) is 0 Å². The van der Waals surface area contributed by atoms with Crippen LogP contribution in [0.3, 0.4) is 0 Å². The largest absolute Gasteiger partial charge is 0.364 e. The van der Waals surface area contributed by atoms with E-state index in [0.29, 0.717) is 0 Å². The fraction of sp³-hybridized carbons (Fsp3) is 1.00. The molecule has 0 aliphatic carbocycles. The molecule has 0 saturated carbocycles. The van der Waals surface area contributed by atoms with Crippen LogP contribution in [-0.2, 0) is 9.09 Å². The normalized spacial score (nSPS) is 17.9. The van der Waals surface area contributed by atoms with Crippen LogP contribution in [0.5, 0.6) is 0 Å². The highest BCUT2D eigenvalue weighted by molar-refractivity contribution is 7.52. The second kappa shape index (κ2) is 3.17. The molecular weight excluding hydrogens is 132 g/mol. The molecule has 0 fully saturated rings. The first-order valence-corrected chi connectivity index (χ1v) is 4.14. The van der Waals surface area contributed by atoms with Gasteiger partial charge in [-0.2, -0.15) is 4.20 Å². The van der Waals surface area contributed by atoms with Gasteiger partial charge in [-0.3, -0.25) is 4.57 Å². The first kappa shape index (κ1) is 8.08. The topological polar surface area (TPSA) is 52.3 Å². The summed E-state index contributed by atoms with van der Waals surface area (Å²) in [5.41, 5.74) is 4.92. The van der Waals surface area contributed by atoms with Crippen molar-refractivity contribution >= 4 is 7.68 Å². The van der Waals surface area contributed by atoms with Gasteiger partial charge in [0.15, 0.2) is 0 Å². The van der Waals surface area contributed by atoms with Crippen molar-refractivity contribution in [2.24, 2.45) is 5.73 Å². The molecule has 0 amide bonds. The molecule has 0 radical (unpaired) electrons. The van der Waals surface area contributed by atoms with Gasteiger partial charge in [0, 0.05) is 13.2 Å². The maximum atomic E-state index is 11.9. The van der Waals surface area contributed by atoms with Crippen LogP contribution >= 0.6 is 7.68 Å². The van der Waals surface area contributed by atoms with E-state index in [-0.39, 0.29) is 13.2 Å². The lowest BCUT2D eigenvalue weighted by molar-refractivity contribution is 0.300. The molecule has 5 heteroatoms. The minimum Gasteiger partial charge on any atom is -0.328 e. The van der Waals surface area contributed by atoms with Gasteiger partial charge in [-0.1, -0.05) is 0 Å². The van der Waals surface area contributed by atoms with Gasteiger partial charge in [0.1, 0.15) is 0 Å². The molecule has 0 aliphatic heterocycles. The molecule has 8 heavy (non-hydrogen) atoms. The zero-order valence-electron chi connectivity index (χ0n) is 4.63. The average molecular weight is 141 g/mol. The highest BCUT2D eigenvalue weighted by atomic mass is 31.2. The third-order valence-electron chi connectivity index (χ3n) is 0.440. The number of rotatable bonds is 3. The number of halogens is 1. The predicted molar refractivity (Wildman–Crippen MR) is 29.6 cm³/mol. The van der Waals surface area contributed by atoms with Crippen LogP contribution in [0, 0.1) is 0 Å². The van der Waals surface area contributed by atoms with Gasteiger partial charge < -0.3 is 10.3 Å². The summed E-state index contributed by atoms with van der Waals surface area (Å²) in [5.74, 6) is 0. The molecule has 1 atom stereocenters. The SMILES string of the molecule is CP(=O)(F)OCCN. The molecule has 0 rings (SSSR count). The van der Waals surface area contributed by atoms with Crippen molar-refractivity contribution in [2.75, 3.05) is 19.8 Å². The third-order valence-corrected chi connectivity index (χ3v) is 1.08. The van der Waals surface area contributed by atoms with E-state index in [1.165, 1.54) is 0 Å². The first-order valence-electron chi connectivity index (χ1n) is 2.18. The summed E-state index contributed by atoms with van der Waals surface area (Å²) < 4.78 is 26.0. The summed E-state index contributed by atoms with van der Waals surface area (Å²) in [6.45, 7) is 1.12. The molecule has 0 spiro atoms. The van der Waals surface area contributed by atoms with Gasteiger partial charge in [0.25, 0.3) is 0 Å². The average Bonchev–Trinajstić information content (AvgIpc) is 1.59. The lowest BCUT2D eigenvalue weighted by Gasteiger charge is -2.00. The van der Waals surface area contributed by atoms with E-state index in [4.69, 9.17) is 5.73 Å². The summed E-state index contributed by atoms with van der Waals surface area (Å²) in [7, 11) is -3.76. The van der Waals surface area contributed by atoms with E-state index in [1.54, 1.807) is 0 Å². The molecule has 0 bridgehead atoms. The maximum absolute atomic E-state index is 11.9. The van der Waals surface area contributed by atoms with E-state index < -0.39 is 7.68 Å². The first-order chi connectivity index (χ1) is 3.56. The molecular formula is C3H9FNO2P. The second-order valence-corrected chi connectivity index (χ2v) is 3.12. The van der Waals surface area contributed by atoms with Crippen molar-refractivity contribution in [1.82, 2.24) is 0 Å². The highest BCUT2D eigenvalue weighted by Crippen LogP contribution is 2.43. The lowest BCUT2D eigenvalue weighted by atomic mass is 10.8. The second-order valence-electron chi connectivity index (χ2n) is 1.37.